The average molecular weight is 529 g/mol. The Balaban J connectivity index is 1.86. The molecule has 1 aromatic heterocycles. The smallest absolute Gasteiger partial charge is 0.387 e. The molecule has 0 spiro atoms. The van der Waals surface area contributed by atoms with Gasteiger partial charge < -0.3 is 9.47 Å². The van der Waals surface area contributed by atoms with Crippen molar-refractivity contribution in [3.05, 3.63) is 71.6 Å². The molecule has 0 radical (unpaired) electrons. The number of hydrogen-bond acceptors (Lipinski definition) is 3. The fourth-order valence-electron chi connectivity index (χ4n) is 4.20. The molecule has 2 rings (SSSR count). The van der Waals surface area contributed by atoms with Gasteiger partial charge in [0.25, 0.3) is 0 Å². The second-order valence-electron chi connectivity index (χ2n) is 9.79. The lowest BCUT2D eigenvalue weighted by molar-refractivity contribution is -0.0498. The number of nitrogens with zero attached hydrogens (tertiary/aromatic N) is 2. The first-order chi connectivity index (χ1) is 18.4. The van der Waals surface area contributed by atoms with Crippen LogP contribution in [0.3, 0.4) is 0 Å². The van der Waals surface area contributed by atoms with Crippen molar-refractivity contribution in [1.82, 2.24) is 9.78 Å². The molecule has 2 aromatic rings. The van der Waals surface area contributed by atoms with Crippen molar-refractivity contribution < 1.29 is 18.3 Å². The molecular formula is C32H46F2N2O2. The van der Waals surface area contributed by atoms with Gasteiger partial charge in [0.05, 0.1) is 18.0 Å². The van der Waals surface area contributed by atoms with Crippen LogP contribution in [0.2, 0.25) is 0 Å². The number of alkyl halides is 2. The minimum Gasteiger partial charge on any atom is -0.435 e. The molecule has 38 heavy (non-hydrogen) atoms. The Labute approximate surface area is 228 Å². The van der Waals surface area contributed by atoms with Crippen LogP contribution in [0.4, 0.5) is 8.78 Å². The Morgan fingerprint density at radius 1 is 0.921 bits per heavy atom. The van der Waals surface area contributed by atoms with E-state index in [4.69, 9.17) is 9.84 Å². The third kappa shape index (κ3) is 12.2. The van der Waals surface area contributed by atoms with E-state index in [0.29, 0.717) is 0 Å². The van der Waals surface area contributed by atoms with E-state index in [-0.39, 0.29) is 11.7 Å². The van der Waals surface area contributed by atoms with Crippen LogP contribution < -0.4 is 4.74 Å². The second kappa shape index (κ2) is 18.5. The number of unbranched alkanes of at least 4 members (excludes halogenated alkanes) is 2. The van der Waals surface area contributed by atoms with Gasteiger partial charge in [0, 0.05) is 12.3 Å². The zero-order chi connectivity index (χ0) is 27.6. The molecule has 0 bridgehead atoms. The first-order valence-corrected chi connectivity index (χ1v) is 14.2. The fraction of sp³-hybridized carbons (Fsp3) is 0.531. The number of aromatic nitrogens is 2. The van der Waals surface area contributed by atoms with E-state index >= 15 is 0 Å². The van der Waals surface area contributed by atoms with Crippen molar-refractivity contribution in [3.8, 4) is 11.4 Å². The Morgan fingerprint density at radius 2 is 1.68 bits per heavy atom. The maximum Gasteiger partial charge on any atom is 0.387 e. The third-order valence-corrected chi connectivity index (χ3v) is 6.09. The molecule has 0 atom stereocenters. The molecule has 0 unspecified atom stereocenters. The number of allylic oxidation sites excluding steroid dienone is 4. The van der Waals surface area contributed by atoms with Gasteiger partial charge in [0.15, 0.2) is 0 Å². The number of ether oxygens (including phenoxy) is 2. The molecule has 0 aliphatic carbocycles. The molecule has 0 N–H and O–H groups in total. The average Bonchev–Trinajstić information content (AvgIpc) is 3.32. The Bertz CT molecular complexity index is 991. The van der Waals surface area contributed by atoms with Crippen molar-refractivity contribution in [2.75, 3.05) is 13.2 Å². The summed E-state index contributed by atoms with van der Waals surface area (Å²) in [5.74, 6) is 0.410. The van der Waals surface area contributed by atoms with Crippen molar-refractivity contribution in [3.63, 3.8) is 0 Å². The Hall–Kier alpha value is -2.73. The summed E-state index contributed by atoms with van der Waals surface area (Å²) < 4.78 is 36.8. The van der Waals surface area contributed by atoms with Crippen LogP contribution >= 0.6 is 0 Å². The highest BCUT2D eigenvalue weighted by Crippen LogP contribution is 2.24. The zero-order valence-electron chi connectivity index (χ0n) is 23.7. The van der Waals surface area contributed by atoms with Gasteiger partial charge in [-0.15, -0.1) is 0 Å². The summed E-state index contributed by atoms with van der Waals surface area (Å²) in [6.45, 7) is 7.46. The minimum absolute atomic E-state index is 0.141. The van der Waals surface area contributed by atoms with E-state index in [1.807, 2.05) is 4.68 Å². The van der Waals surface area contributed by atoms with E-state index in [0.717, 1.165) is 68.8 Å². The number of rotatable bonds is 19. The summed E-state index contributed by atoms with van der Waals surface area (Å²) in [6, 6.07) is 8.68. The van der Waals surface area contributed by atoms with Crippen molar-refractivity contribution in [1.29, 1.82) is 0 Å². The standard InChI is InChI=1S/C32H46F2N2O2/c1-5-15-27(16-11-8-7-9-14-24-37-23-6-2)17-12-10-13-18-28-25-31(26(3)4)36(35-28)29-19-21-30(22-20-29)38-32(33)34/h7,9,13,17-22,25-26,32H,5-6,8,10-12,14-16,23-24H2,1-4H3/b9-7+,18-13+,27-17+. The highest BCUT2D eigenvalue weighted by Gasteiger charge is 2.12. The largest absolute Gasteiger partial charge is 0.435 e. The first-order valence-electron chi connectivity index (χ1n) is 14.2. The van der Waals surface area contributed by atoms with Gasteiger partial charge in [-0.25, -0.2) is 4.68 Å². The molecule has 0 aliphatic heterocycles. The van der Waals surface area contributed by atoms with Crippen molar-refractivity contribution >= 4 is 6.08 Å². The molecule has 210 valence electrons. The lowest BCUT2D eigenvalue weighted by Gasteiger charge is -2.11. The van der Waals surface area contributed by atoms with Crippen LogP contribution in [0.1, 0.15) is 103 Å². The molecule has 0 fully saturated rings. The normalized spacial score (nSPS) is 12.6. The zero-order valence-corrected chi connectivity index (χ0v) is 23.7. The highest BCUT2D eigenvalue weighted by atomic mass is 19.3. The van der Waals surface area contributed by atoms with Gasteiger partial charge >= 0.3 is 6.61 Å². The summed E-state index contributed by atoms with van der Waals surface area (Å²) >= 11 is 0. The van der Waals surface area contributed by atoms with Crippen molar-refractivity contribution in [2.45, 2.75) is 98.0 Å². The monoisotopic (exact) mass is 528 g/mol. The summed E-state index contributed by atoms with van der Waals surface area (Å²) in [5.41, 5.74) is 4.35. The lowest BCUT2D eigenvalue weighted by atomic mass is 10.0. The molecular weight excluding hydrogens is 482 g/mol. The van der Waals surface area contributed by atoms with Gasteiger partial charge in [-0.05, 0) is 93.7 Å². The maximum atomic E-state index is 12.5. The molecule has 6 heteroatoms. The summed E-state index contributed by atoms with van der Waals surface area (Å²) in [7, 11) is 0. The van der Waals surface area contributed by atoms with E-state index < -0.39 is 6.61 Å². The number of halogens is 2. The number of benzene rings is 1. The van der Waals surface area contributed by atoms with Gasteiger partial charge in [0.1, 0.15) is 5.75 Å². The van der Waals surface area contributed by atoms with E-state index in [2.05, 4.69) is 68.9 Å². The van der Waals surface area contributed by atoms with Gasteiger partial charge in [-0.2, -0.15) is 13.9 Å². The van der Waals surface area contributed by atoms with Crippen LogP contribution in [0.5, 0.6) is 5.75 Å². The van der Waals surface area contributed by atoms with Crippen molar-refractivity contribution in [2.24, 2.45) is 0 Å². The molecule has 0 aliphatic rings. The molecule has 0 saturated heterocycles. The number of hydrogen-bond donors (Lipinski definition) is 0. The van der Waals surface area contributed by atoms with Crippen LogP contribution in [-0.2, 0) is 4.74 Å². The SMILES string of the molecule is CCCOCC/C=C/CCC/C(=C/CC/C=C/c1cc(C(C)C)n(-c2ccc(OC(F)F)cc2)n1)CCC. The quantitative estimate of drug-likeness (QED) is 0.134. The van der Waals surface area contributed by atoms with Gasteiger partial charge in [0.2, 0.25) is 0 Å². The van der Waals surface area contributed by atoms with E-state index in [9.17, 15) is 8.78 Å². The van der Waals surface area contributed by atoms with Gasteiger partial charge in [-0.3, -0.25) is 0 Å². The fourth-order valence-corrected chi connectivity index (χ4v) is 4.20. The maximum absolute atomic E-state index is 12.5. The minimum atomic E-state index is -2.83. The summed E-state index contributed by atoms with van der Waals surface area (Å²) in [6.07, 6.45) is 21.1. The van der Waals surface area contributed by atoms with Crippen LogP contribution in [0.25, 0.3) is 11.8 Å². The second-order valence-corrected chi connectivity index (χ2v) is 9.79. The topological polar surface area (TPSA) is 36.3 Å². The van der Waals surface area contributed by atoms with Crippen LogP contribution in [-0.4, -0.2) is 29.6 Å². The molecule has 1 heterocycles. The molecule has 4 nitrogen and oxygen atoms in total. The Morgan fingerprint density at radius 3 is 2.37 bits per heavy atom. The third-order valence-electron chi connectivity index (χ3n) is 6.09. The van der Waals surface area contributed by atoms with E-state index in [1.165, 1.54) is 19.3 Å². The highest BCUT2D eigenvalue weighted by molar-refractivity contribution is 5.48. The summed E-state index contributed by atoms with van der Waals surface area (Å²) in [5, 5.41) is 4.75. The van der Waals surface area contributed by atoms with E-state index in [1.54, 1.807) is 29.8 Å². The lowest BCUT2D eigenvalue weighted by Crippen LogP contribution is -2.05. The molecule has 0 saturated carbocycles. The first kappa shape index (κ1) is 31.5. The predicted octanol–water partition coefficient (Wildman–Crippen LogP) is 9.66. The van der Waals surface area contributed by atoms with Crippen LogP contribution in [0, 0.1) is 0 Å². The van der Waals surface area contributed by atoms with Crippen LogP contribution in [0.15, 0.2) is 60.2 Å². The Kier molecular flexibility index (Phi) is 15.3. The summed E-state index contributed by atoms with van der Waals surface area (Å²) in [4.78, 5) is 0. The van der Waals surface area contributed by atoms with Gasteiger partial charge in [-0.1, -0.05) is 64.0 Å². The predicted molar refractivity (Wildman–Crippen MR) is 154 cm³/mol. The molecule has 0 amide bonds. The molecule has 1 aromatic carbocycles.